The number of ether oxygens (including phenoxy) is 2. The average Bonchev–Trinajstić information content (AvgIpc) is 3.01. The second kappa shape index (κ2) is 6.94. The largest absolute Gasteiger partial charge is 0.493 e. The van der Waals surface area contributed by atoms with Crippen LogP contribution in [0.2, 0.25) is 5.02 Å². The molecule has 1 aromatic heterocycles. The van der Waals surface area contributed by atoms with Crippen molar-refractivity contribution < 1.29 is 14.6 Å². The fraction of sp³-hybridized carbons (Fsp3) is 0.222. The second-order valence-corrected chi connectivity index (χ2v) is 5.60. The van der Waals surface area contributed by atoms with Gasteiger partial charge in [-0.15, -0.1) is 0 Å². The van der Waals surface area contributed by atoms with Gasteiger partial charge in [0, 0.05) is 35.7 Å². The van der Waals surface area contributed by atoms with E-state index in [1.54, 1.807) is 7.11 Å². The number of hydrogen-bond donors (Lipinski definition) is 2. The first kappa shape index (κ1) is 15.7. The van der Waals surface area contributed by atoms with Crippen LogP contribution in [0.1, 0.15) is 6.42 Å². The monoisotopic (exact) mass is 331 g/mol. The smallest absolute Gasteiger partial charge is 0.161 e. The fourth-order valence-electron chi connectivity index (χ4n) is 2.50. The molecule has 0 spiro atoms. The average molecular weight is 332 g/mol. The first-order valence-corrected chi connectivity index (χ1v) is 7.79. The molecule has 0 radical (unpaired) electrons. The van der Waals surface area contributed by atoms with Crippen molar-refractivity contribution in [3.63, 3.8) is 0 Å². The first-order chi connectivity index (χ1) is 11.2. The van der Waals surface area contributed by atoms with Crippen molar-refractivity contribution in [1.29, 1.82) is 0 Å². The number of fused-ring (bicyclic) bond motifs is 1. The third-order valence-electron chi connectivity index (χ3n) is 3.68. The van der Waals surface area contributed by atoms with Crippen LogP contribution in [-0.4, -0.2) is 30.4 Å². The van der Waals surface area contributed by atoms with Crippen molar-refractivity contribution >= 4 is 22.5 Å². The minimum atomic E-state index is 0.104. The maximum atomic E-state index is 8.83. The van der Waals surface area contributed by atoms with Gasteiger partial charge in [-0.2, -0.15) is 0 Å². The summed E-state index contributed by atoms with van der Waals surface area (Å²) in [6.45, 7) is 0.551. The van der Waals surface area contributed by atoms with Gasteiger partial charge >= 0.3 is 0 Å². The van der Waals surface area contributed by atoms with Crippen molar-refractivity contribution in [3.05, 3.63) is 47.6 Å². The third-order valence-corrected chi connectivity index (χ3v) is 3.99. The van der Waals surface area contributed by atoms with Crippen LogP contribution in [0.25, 0.3) is 22.0 Å². The number of aromatic nitrogens is 1. The maximum Gasteiger partial charge on any atom is 0.161 e. The summed E-state index contributed by atoms with van der Waals surface area (Å²) in [4.78, 5) is 3.15. The molecule has 23 heavy (non-hydrogen) atoms. The van der Waals surface area contributed by atoms with Gasteiger partial charge in [0.25, 0.3) is 0 Å². The summed E-state index contributed by atoms with van der Waals surface area (Å²) >= 11 is 6.41. The normalized spacial score (nSPS) is 10.9. The predicted molar refractivity (Wildman–Crippen MR) is 92.5 cm³/mol. The van der Waals surface area contributed by atoms with Gasteiger partial charge in [-0.1, -0.05) is 17.7 Å². The summed E-state index contributed by atoms with van der Waals surface area (Å²) < 4.78 is 11.0. The summed E-state index contributed by atoms with van der Waals surface area (Å²) in [5, 5.41) is 10.6. The molecule has 0 saturated heterocycles. The zero-order valence-electron chi connectivity index (χ0n) is 12.8. The molecule has 0 aliphatic rings. The van der Waals surface area contributed by atoms with Gasteiger partial charge in [0.15, 0.2) is 11.5 Å². The van der Waals surface area contributed by atoms with E-state index in [-0.39, 0.29) is 6.61 Å². The van der Waals surface area contributed by atoms with Gasteiger partial charge in [-0.25, -0.2) is 0 Å². The van der Waals surface area contributed by atoms with E-state index in [0.29, 0.717) is 29.5 Å². The lowest BCUT2D eigenvalue weighted by molar-refractivity contribution is 0.228. The molecule has 0 atom stereocenters. The van der Waals surface area contributed by atoms with Crippen molar-refractivity contribution in [3.8, 4) is 22.6 Å². The van der Waals surface area contributed by atoms with Crippen LogP contribution in [0.4, 0.5) is 0 Å². The van der Waals surface area contributed by atoms with Crippen LogP contribution < -0.4 is 9.47 Å². The highest BCUT2D eigenvalue weighted by atomic mass is 35.5. The van der Waals surface area contributed by atoms with Gasteiger partial charge in [0.1, 0.15) is 0 Å². The molecule has 0 amide bonds. The number of aromatic amines is 1. The number of aliphatic hydroxyl groups excluding tert-OH is 1. The third kappa shape index (κ3) is 3.28. The van der Waals surface area contributed by atoms with Crippen LogP contribution >= 0.6 is 11.6 Å². The van der Waals surface area contributed by atoms with Gasteiger partial charge in [0.05, 0.1) is 18.7 Å². The van der Waals surface area contributed by atoms with Crippen molar-refractivity contribution in [2.45, 2.75) is 6.42 Å². The lowest BCUT2D eigenvalue weighted by Crippen LogP contribution is -2.01. The molecule has 2 N–H and O–H groups in total. The summed E-state index contributed by atoms with van der Waals surface area (Å²) in [5.74, 6) is 1.30. The highest BCUT2D eigenvalue weighted by Crippen LogP contribution is 2.37. The quantitative estimate of drug-likeness (QED) is 0.664. The van der Waals surface area contributed by atoms with E-state index in [2.05, 4.69) is 11.1 Å². The number of benzene rings is 2. The molecule has 0 aliphatic carbocycles. The number of methoxy groups -OCH3 is 1. The van der Waals surface area contributed by atoms with E-state index < -0.39 is 0 Å². The molecule has 0 aliphatic heterocycles. The molecule has 0 unspecified atom stereocenters. The SMILES string of the molecule is COc1cc(-c2cc3cc[nH]c3cc2Cl)ccc1OCCCO. The van der Waals surface area contributed by atoms with Crippen molar-refractivity contribution in [2.75, 3.05) is 20.3 Å². The van der Waals surface area contributed by atoms with E-state index in [9.17, 15) is 0 Å². The van der Waals surface area contributed by atoms with Gasteiger partial charge < -0.3 is 19.6 Å². The molecule has 2 aromatic carbocycles. The molecule has 0 fully saturated rings. The Hall–Kier alpha value is -2.17. The van der Waals surface area contributed by atoms with Gasteiger partial charge in [-0.3, -0.25) is 0 Å². The standard InChI is InChI=1S/C18H18ClNO3/c1-22-18-10-12(3-4-17(18)23-8-2-7-21)14-9-13-5-6-20-16(13)11-15(14)19/h3-6,9-11,20-21H,2,7-8H2,1H3. The van der Waals surface area contributed by atoms with Crippen LogP contribution in [0, 0.1) is 0 Å². The van der Waals surface area contributed by atoms with Crippen LogP contribution in [0.3, 0.4) is 0 Å². The van der Waals surface area contributed by atoms with Crippen LogP contribution in [0.5, 0.6) is 11.5 Å². The fourth-order valence-corrected chi connectivity index (χ4v) is 2.77. The molecule has 5 heteroatoms. The Bertz CT molecular complexity index is 813. The zero-order valence-corrected chi connectivity index (χ0v) is 13.6. The maximum absolute atomic E-state index is 8.83. The highest BCUT2D eigenvalue weighted by molar-refractivity contribution is 6.34. The first-order valence-electron chi connectivity index (χ1n) is 7.41. The van der Waals surface area contributed by atoms with Gasteiger partial charge in [0.2, 0.25) is 0 Å². The Balaban J connectivity index is 1.96. The minimum absolute atomic E-state index is 0.104. The molecule has 1 heterocycles. The Morgan fingerprint density at radius 2 is 2.00 bits per heavy atom. The van der Waals surface area contributed by atoms with Crippen molar-refractivity contribution in [2.24, 2.45) is 0 Å². The molecule has 3 aromatic rings. The summed E-state index contributed by atoms with van der Waals surface area (Å²) in [6.07, 6.45) is 2.48. The molecule has 0 saturated carbocycles. The number of rotatable bonds is 6. The number of hydrogen-bond acceptors (Lipinski definition) is 3. The summed E-state index contributed by atoms with van der Waals surface area (Å²) in [6, 6.07) is 11.7. The van der Waals surface area contributed by atoms with E-state index in [0.717, 1.165) is 22.0 Å². The molecular weight excluding hydrogens is 314 g/mol. The van der Waals surface area contributed by atoms with Crippen LogP contribution in [-0.2, 0) is 0 Å². The topological polar surface area (TPSA) is 54.5 Å². The van der Waals surface area contributed by atoms with E-state index >= 15 is 0 Å². The minimum Gasteiger partial charge on any atom is -0.493 e. The molecule has 0 bridgehead atoms. The number of aliphatic hydroxyl groups is 1. The predicted octanol–water partition coefficient (Wildman–Crippen LogP) is 4.26. The second-order valence-electron chi connectivity index (χ2n) is 5.19. The molecule has 3 rings (SSSR count). The Morgan fingerprint density at radius 3 is 2.78 bits per heavy atom. The number of nitrogens with one attached hydrogen (secondary N) is 1. The van der Waals surface area contributed by atoms with Gasteiger partial charge in [-0.05, 0) is 35.9 Å². The lowest BCUT2D eigenvalue weighted by Gasteiger charge is -2.13. The molecule has 4 nitrogen and oxygen atoms in total. The molecular formula is C18H18ClNO3. The number of H-pyrrole nitrogens is 1. The highest BCUT2D eigenvalue weighted by Gasteiger charge is 2.11. The Kier molecular flexibility index (Phi) is 4.74. The Labute approximate surface area is 139 Å². The van der Waals surface area contributed by atoms with Crippen molar-refractivity contribution in [1.82, 2.24) is 4.98 Å². The van der Waals surface area contributed by atoms with Crippen LogP contribution in [0.15, 0.2) is 42.6 Å². The zero-order chi connectivity index (χ0) is 16.2. The van der Waals surface area contributed by atoms with E-state index in [4.69, 9.17) is 26.2 Å². The summed E-state index contributed by atoms with van der Waals surface area (Å²) in [7, 11) is 1.61. The van der Waals surface area contributed by atoms with E-state index in [1.165, 1.54) is 0 Å². The number of halogens is 1. The van der Waals surface area contributed by atoms with E-state index in [1.807, 2.05) is 36.5 Å². The molecule has 120 valence electrons. The lowest BCUT2D eigenvalue weighted by atomic mass is 10.0. The summed E-state index contributed by atoms with van der Waals surface area (Å²) in [5.41, 5.74) is 2.91. The Morgan fingerprint density at radius 1 is 1.13 bits per heavy atom.